The molecule has 0 saturated heterocycles. The van der Waals surface area contributed by atoms with E-state index in [1.165, 1.54) is 31.4 Å². The van der Waals surface area contributed by atoms with E-state index in [1.807, 2.05) is 12.1 Å². The standard InChI is InChI=1S/C25H38N2O4/c1-26(2,18-20-12-10-14-22(28)24(20)30)16-8-6-5-7-9-17-27(3,4)19-21-13-11-15-23(29)25(21)31/h10-15H,5-9,16-19H2,1-4H3,(H2-2,28,29,30,31)/p+2. The molecule has 0 aliphatic heterocycles. The summed E-state index contributed by atoms with van der Waals surface area (Å²) < 4.78 is 1.54. The lowest BCUT2D eigenvalue weighted by Crippen LogP contribution is -2.39. The van der Waals surface area contributed by atoms with Crippen molar-refractivity contribution in [1.82, 2.24) is 0 Å². The summed E-state index contributed by atoms with van der Waals surface area (Å²) in [5.41, 5.74) is 1.56. The molecule has 6 heteroatoms. The fourth-order valence-electron chi connectivity index (χ4n) is 4.10. The van der Waals surface area contributed by atoms with Crippen molar-refractivity contribution in [2.75, 3.05) is 41.3 Å². The largest absolute Gasteiger partial charge is 0.504 e. The number of hydrogen-bond donors (Lipinski definition) is 4. The van der Waals surface area contributed by atoms with Crippen LogP contribution in [0.1, 0.15) is 43.2 Å². The van der Waals surface area contributed by atoms with Gasteiger partial charge in [-0.05, 0) is 49.9 Å². The molecule has 0 saturated carbocycles. The normalized spacial score (nSPS) is 12.3. The van der Waals surface area contributed by atoms with Crippen molar-refractivity contribution in [2.45, 2.75) is 45.2 Å². The average molecular weight is 433 g/mol. The smallest absolute Gasteiger partial charge is 0.166 e. The lowest BCUT2D eigenvalue weighted by Gasteiger charge is -2.30. The van der Waals surface area contributed by atoms with E-state index in [2.05, 4.69) is 28.2 Å². The molecule has 2 aromatic carbocycles. The van der Waals surface area contributed by atoms with Crippen molar-refractivity contribution in [2.24, 2.45) is 0 Å². The molecule has 31 heavy (non-hydrogen) atoms. The summed E-state index contributed by atoms with van der Waals surface area (Å²) in [6.45, 7) is 3.42. The molecule has 0 aliphatic rings. The third kappa shape index (κ3) is 7.96. The van der Waals surface area contributed by atoms with E-state index >= 15 is 0 Å². The van der Waals surface area contributed by atoms with Crippen LogP contribution in [-0.4, -0.2) is 70.7 Å². The van der Waals surface area contributed by atoms with E-state index in [0.29, 0.717) is 13.1 Å². The van der Waals surface area contributed by atoms with Gasteiger partial charge in [-0.15, -0.1) is 0 Å². The van der Waals surface area contributed by atoms with Crippen molar-refractivity contribution < 1.29 is 29.4 Å². The summed E-state index contributed by atoms with van der Waals surface area (Å²) in [7, 11) is 8.61. The highest BCUT2D eigenvalue weighted by Crippen LogP contribution is 2.31. The highest BCUT2D eigenvalue weighted by Gasteiger charge is 2.20. The fraction of sp³-hybridized carbons (Fsp3) is 0.520. The first kappa shape index (κ1) is 24.8. The van der Waals surface area contributed by atoms with Gasteiger partial charge in [-0.25, -0.2) is 0 Å². The monoisotopic (exact) mass is 432 g/mol. The molecule has 0 aliphatic carbocycles. The Balaban J connectivity index is 1.66. The van der Waals surface area contributed by atoms with Gasteiger partial charge in [0.05, 0.1) is 52.4 Å². The summed E-state index contributed by atoms with van der Waals surface area (Å²) in [6, 6.07) is 10.3. The van der Waals surface area contributed by atoms with Crippen LogP contribution in [0.25, 0.3) is 0 Å². The molecule has 2 rings (SSSR count). The molecule has 6 nitrogen and oxygen atoms in total. The summed E-state index contributed by atoms with van der Waals surface area (Å²) in [6.07, 6.45) is 5.79. The Morgan fingerprint density at radius 2 is 0.903 bits per heavy atom. The third-order valence-electron chi connectivity index (χ3n) is 5.92. The van der Waals surface area contributed by atoms with Crippen molar-refractivity contribution in [3.63, 3.8) is 0 Å². The first-order valence-electron chi connectivity index (χ1n) is 11.1. The van der Waals surface area contributed by atoms with Gasteiger partial charge < -0.3 is 29.4 Å². The Hall–Kier alpha value is -2.44. The summed E-state index contributed by atoms with van der Waals surface area (Å²) in [4.78, 5) is 0. The zero-order chi connectivity index (χ0) is 23.1. The van der Waals surface area contributed by atoms with Gasteiger partial charge in [0.1, 0.15) is 13.1 Å². The van der Waals surface area contributed by atoms with E-state index in [9.17, 15) is 20.4 Å². The highest BCUT2D eigenvalue weighted by molar-refractivity contribution is 5.44. The molecule has 0 unspecified atom stereocenters. The summed E-state index contributed by atoms with van der Waals surface area (Å²) >= 11 is 0. The van der Waals surface area contributed by atoms with E-state index in [-0.39, 0.29) is 23.0 Å². The van der Waals surface area contributed by atoms with Crippen LogP contribution in [0, 0.1) is 0 Å². The van der Waals surface area contributed by atoms with Gasteiger partial charge in [-0.2, -0.15) is 0 Å². The minimum atomic E-state index is -0.0573. The van der Waals surface area contributed by atoms with Crippen molar-refractivity contribution in [1.29, 1.82) is 0 Å². The number of rotatable bonds is 12. The van der Waals surface area contributed by atoms with E-state index < -0.39 is 0 Å². The first-order chi connectivity index (χ1) is 14.5. The predicted molar refractivity (Wildman–Crippen MR) is 124 cm³/mol. The first-order valence-corrected chi connectivity index (χ1v) is 11.1. The minimum Gasteiger partial charge on any atom is -0.504 e. The number of hydrogen-bond acceptors (Lipinski definition) is 4. The van der Waals surface area contributed by atoms with Gasteiger partial charge in [0, 0.05) is 0 Å². The molecule has 0 atom stereocenters. The van der Waals surface area contributed by atoms with Gasteiger partial charge in [0.25, 0.3) is 0 Å². The van der Waals surface area contributed by atoms with Crippen LogP contribution >= 0.6 is 0 Å². The van der Waals surface area contributed by atoms with Crippen molar-refractivity contribution in [3.05, 3.63) is 47.5 Å². The number of unbranched alkanes of at least 4 members (excludes halogenated alkanes) is 4. The average Bonchev–Trinajstić information content (AvgIpc) is 2.68. The maximum absolute atomic E-state index is 10.0. The Labute approximate surface area is 186 Å². The second kappa shape index (κ2) is 10.7. The molecule has 0 spiro atoms. The molecule has 172 valence electrons. The van der Waals surface area contributed by atoms with Gasteiger partial charge >= 0.3 is 0 Å². The molecule has 0 heterocycles. The minimum absolute atomic E-state index is 0.00604. The molecule has 0 aromatic heterocycles. The lowest BCUT2D eigenvalue weighted by atomic mass is 10.1. The highest BCUT2D eigenvalue weighted by atomic mass is 16.3. The number of phenols is 4. The van der Waals surface area contributed by atoms with Crippen molar-refractivity contribution >= 4 is 0 Å². The molecule has 0 radical (unpaired) electrons. The fourth-order valence-corrected chi connectivity index (χ4v) is 4.10. The zero-order valence-corrected chi connectivity index (χ0v) is 19.5. The Morgan fingerprint density at radius 3 is 1.29 bits per heavy atom. The summed E-state index contributed by atoms with van der Waals surface area (Å²) in [5, 5.41) is 39.4. The molecular formula is C25H40N2O4+2. The number of aromatic hydroxyl groups is 4. The zero-order valence-electron chi connectivity index (χ0n) is 19.5. The number of quaternary nitrogens is 2. The van der Waals surface area contributed by atoms with E-state index in [4.69, 9.17) is 0 Å². The molecular weight excluding hydrogens is 392 g/mol. The molecule has 0 bridgehead atoms. The van der Waals surface area contributed by atoms with Gasteiger partial charge in [0.2, 0.25) is 0 Å². The molecule has 4 N–H and O–H groups in total. The number of para-hydroxylation sites is 2. The van der Waals surface area contributed by atoms with Crippen LogP contribution in [0.15, 0.2) is 36.4 Å². The third-order valence-corrected chi connectivity index (χ3v) is 5.92. The second-order valence-corrected chi connectivity index (χ2v) is 9.97. The summed E-state index contributed by atoms with van der Waals surface area (Å²) in [5.74, 6) is -0.127. The topological polar surface area (TPSA) is 80.9 Å². The number of phenolic OH excluding ortho intramolecular Hbond substituents is 4. The van der Waals surface area contributed by atoms with E-state index in [1.54, 1.807) is 12.1 Å². The molecule has 0 fully saturated rings. The van der Waals surface area contributed by atoms with Crippen LogP contribution < -0.4 is 0 Å². The quantitative estimate of drug-likeness (QED) is 0.229. The number of nitrogens with zero attached hydrogens (tertiary/aromatic N) is 2. The van der Waals surface area contributed by atoms with Crippen LogP contribution in [0.5, 0.6) is 23.0 Å². The van der Waals surface area contributed by atoms with Crippen molar-refractivity contribution in [3.8, 4) is 23.0 Å². The molecule has 0 amide bonds. The maximum atomic E-state index is 10.0. The number of benzene rings is 2. The van der Waals surface area contributed by atoms with Crippen LogP contribution in [0.2, 0.25) is 0 Å². The second-order valence-electron chi connectivity index (χ2n) is 9.97. The van der Waals surface area contributed by atoms with Gasteiger partial charge in [-0.1, -0.05) is 18.6 Å². The SMILES string of the molecule is C[N+](C)(CCCCCCC[N+](C)(C)Cc1cccc(O)c1O)Cc1cccc(O)c1O. The van der Waals surface area contributed by atoms with Gasteiger partial charge in [0.15, 0.2) is 23.0 Å². The molecule has 2 aromatic rings. The van der Waals surface area contributed by atoms with Crippen LogP contribution in [0.4, 0.5) is 0 Å². The van der Waals surface area contributed by atoms with Crippen LogP contribution in [0.3, 0.4) is 0 Å². The Bertz CT molecular complexity index is 780. The maximum Gasteiger partial charge on any atom is 0.166 e. The Morgan fingerprint density at radius 1 is 0.548 bits per heavy atom. The predicted octanol–water partition coefficient (Wildman–Crippen LogP) is 4.31. The van der Waals surface area contributed by atoms with Crippen LogP contribution in [-0.2, 0) is 13.1 Å². The lowest BCUT2D eigenvalue weighted by molar-refractivity contribution is -0.904. The van der Waals surface area contributed by atoms with Gasteiger partial charge in [-0.3, -0.25) is 0 Å². The van der Waals surface area contributed by atoms with E-state index in [0.717, 1.165) is 46.0 Å². The Kier molecular flexibility index (Phi) is 8.60.